The maximum atomic E-state index is 13.0. The number of aromatic nitrogens is 1. The quantitative estimate of drug-likeness (QED) is 0.804. The molecule has 1 aromatic heterocycles. The molecule has 0 radical (unpaired) electrons. The van der Waals surface area contributed by atoms with E-state index in [4.69, 9.17) is 14.5 Å². The lowest BCUT2D eigenvalue weighted by Crippen LogP contribution is -2.36. The van der Waals surface area contributed by atoms with E-state index in [1.807, 2.05) is 24.0 Å². The minimum absolute atomic E-state index is 0.0306. The number of rotatable bonds is 6. The van der Waals surface area contributed by atoms with Crippen LogP contribution in [0, 0.1) is 11.3 Å². The molecule has 146 valence electrons. The number of methoxy groups -OCH3 is 1. The van der Waals surface area contributed by atoms with E-state index in [9.17, 15) is 10.1 Å². The molecule has 0 aliphatic carbocycles. The number of amides is 1. The Morgan fingerprint density at radius 2 is 2.32 bits per heavy atom. The summed E-state index contributed by atoms with van der Waals surface area (Å²) in [6, 6.07) is 8.15. The lowest BCUT2D eigenvalue weighted by atomic mass is 10.1. The maximum absolute atomic E-state index is 13.0. The number of carbonyl (C=O) groups is 1. The monoisotopic (exact) mass is 398 g/mol. The molecule has 0 bridgehead atoms. The summed E-state index contributed by atoms with van der Waals surface area (Å²) in [7, 11) is 1.69. The molecule has 28 heavy (non-hydrogen) atoms. The first-order valence-electron chi connectivity index (χ1n) is 9.35. The number of ether oxygens (including phenoxy) is 2. The largest absolute Gasteiger partial charge is 0.492 e. The number of benzene rings is 1. The number of fused-ring (bicyclic) bond motifs is 1. The Bertz CT molecular complexity index is 936. The first-order valence-corrected chi connectivity index (χ1v) is 10.2. The Hall–Kier alpha value is -2.47. The number of nitrogens with one attached hydrogen (secondary N) is 1. The molecular formula is C20H22N4O3S. The van der Waals surface area contributed by atoms with Crippen LogP contribution in [0.2, 0.25) is 0 Å². The van der Waals surface area contributed by atoms with Crippen LogP contribution in [0.3, 0.4) is 0 Å². The van der Waals surface area contributed by atoms with Crippen molar-refractivity contribution in [3.05, 3.63) is 34.3 Å². The average molecular weight is 398 g/mol. The van der Waals surface area contributed by atoms with E-state index in [2.05, 4.69) is 11.4 Å². The van der Waals surface area contributed by atoms with Gasteiger partial charge in [0.2, 0.25) is 0 Å². The van der Waals surface area contributed by atoms with Gasteiger partial charge in [0.15, 0.2) is 0 Å². The van der Waals surface area contributed by atoms with Crippen molar-refractivity contribution in [2.75, 3.05) is 26.9 Å². The molecule has 2 aliphatic rings. The summed E-state index contributed by atoms with van der Waals surface area (Å²) in [5.41, 5.74) is 1.98. The van der Waals surface area contributed by atoms with Crippen LogP contribution in [-0.2, 0) is 11.3 Å². The van der Waals surface area contributed by atoms with Gasteiger partial charge in [0.05, 0.1) is 25.5 Å². The highest BCUT2D eigenvalue weighted by atomic mass is 32.1. The molecule has 2 aromatic rings. The second-order valence-electron chi connectivity index (χ2n) is 6.90. The molecular weight excluding hydrogens is 376 g/mol. The first-order chi connectivity index (χ1) is 13.7. The van der Waals surface area contributed by atoms with Crippen molar-refractivity contribution in [3.8, 4) is 22.4 Å². The van der Waals surface area contributed by atoms with E-state index in [1.54, 1.807) is 13.2 Å². The molecule has 7 nitrogen and oxygen atoms in total. The minimum atomic E-state index is 0.0306. The van der Waals surface area contributed by atoms with E-state index in [1.165, 1.54) is 11.3 Å². The fourth-order valence-electron chi connectivity index (χ4n) is 3.86. The van der Waals surface area contributed by atoms with Gasteiger partial charge in [0.25, 0.3) is 5.91 Å². The van der Waals surface area contributed by atoms with Crippen molar-refractivity contribution in [1.29, 1.82) is 5.26 Å². The topological polar surface area (TPSA) is 87.5 Å². The van der Waals surface area contributed by atoms with Crippen molar-refractivity contribution >= 4 is 17.2 Å². The van der Waals surface area contributed by atoms with Crippen LogP contribution in [-0.4, -0.2) is 54.7 Å². The molecule has 1 aromatic carbocycles. The van der Waals surface area contributed by atoms with E-state index in [-0.39, 0.29) is 18.0 Å². The van der Waals surface area contributed by atoms with Crippen LogP contribution in [0.4, 0.5) is 0 Å². The fraction of sp³-hybridized carbons (Fsp3) is 0.450. The van der Waals surface area contributed by atoms with Crippen LogP contribution < -0.4 is 10.1 Å². The maximum Gasteiger partial charge on any atom is 0.266 e. The summed E-state index contributed by atoms with van der Waals surface area (Å²) < 4.78 is 10.8. The zero-order valence-corrected chi connectivity index (χ0v) is 16.7. The zero-order valence-electron chi connectivity index (χ0n) is 15.9. The zero-order chi connectivity index (χ0) is 19.7. The van der Waals surface area contributed by atoms with Crippen molar-refractivity contribution in [1.82, 2.24) is 15.2 Å². The summed E-state index contributed by atoms with van der Waals surface area (Å²) in [4.78, 5) is 20.2. The molecule has 2 atom stereocenters. The van der Waals surface area contributed by atoms with Gasteiger partial charge in [-0.2, -0.15) is 5.26 Å². The molecule has 2 aliphatic heterocycles. The highest BCUT2D eigenvalue weighted by Crippen LogP contribution is 2.38. The van der Waals surface area contributed by atoms with E-state index in [0.29, 0.717) is 41.0 Å². The van der Waals surface area contributed by atoms with E-state index < -0.39 is 0 Å². The Labute approximate surface area is 167 Å². The molecule has 0 saturated carbocycles. The third-order valence-corrected chi connectivity index (χ3v) is 6.27. The molecule has 0 unspecified atom stereocenters. The first kappa shape index (κ1) is 18.9. The summed E-state index contributed by atoms with van der Waals surface area (Å²) >= 11 is 1.36. The number of thiazole rings is 1. The Kier molecular flexibility index (Phi) is 5.31. The number of hydrogen-bond donors (Lipinski definition) is 1. The van der Waals surface area contributed by atoms with Crippen LogP contribution in [0.15, 0.2) is 18.2 Å². The van der Waals surface area contributed by atoms with Gasteiger partial charge >= 0.3 is 0 Å². The van der Waals surface area contributed by atoms with Crippen molar-refractivity contribution in [2.24, 2.45) is 0 Å². The number of carbonyl (C=O) groups excluding carboxylic acids is 1. The summed E-state index contributed by atoms with van der Waals surface area (Å²) in [6.45, 7) is 4.31. The van der Waals surface area contributed by atoms with Gasteiger partial charge in [0.1, 0.15) is 27.3 Å². The SMILES string of the molecule is CCOc1cccc(-c2nc3c(s2)C(=O)N([C@H]2CN[C@H](COC)C2)C3)c1C#N. The molecule has 1 N–H and O–H groups in total. The number of hydrogen-bond acceptors (Lipinski definition) is 7. The summed E-state index contributed by atoms with van der Waals surface area (Å²) in [5, 5.41) is 13.7. The highest BCUT2D eigenvalue weighted by Gasteiger charge is 2.39. The van der Waals surface area contributed by atoms with Crippen molar-refractivity contribution in [2.45, 2.75) is 32.0 Å². The van der Waals surface area contributed by atoms with Gasteiger partial charge in [-0.1, -0.05) is 12.1 Å². The summed E-state index contributed by atoms with van der Waals surface area (Å²) in [5.74, 6) is 0.579. The second-order valence-corrected chi connectivity index (χ2v) is 7.90. The van der Waals surface area contributed by atoms with E-state index >= 15 is 0 Å². The van der Waals surface area contributed by atoms with Crippen LogP contribution >= 0.6 is 11.3 Å². The predicted octanol–water partition coefficient (Wildman–Crippen LogP) is 2.41. The van der Waals surface area contributed by atoms with Crippen LogP contribution in [0.5, 0.6) is 5.75 Å². The number of nitrogens with zero attached hydrogens (tertiary/aromatic N) is 3. The smallest absolute Gasteiger partial charge is 0.266 e. The molecule has 3 heterocycles. The Balaban J connectivity index is 1.57. The highest BCUT2D eigenvalue weighted by molar-refractivity contribution is 7.17. The van der Waals surface area contributed by atoms with Gasteiger partial charge in [-0.05, 0) is 19.4 Å². The second kappa shape index (κ2) is 7.87. The summed E-state index contributed by atoms with van der Waals surface area (Å²) in [6.07, 6.45) is 0.885. The third-order valence-electron chi connectivity index (χ3n) is 5.15. The van der Waals surface area contributed by atoms with Crippen molar-refractivity contribution in [3.63, 3.8) is 0 Å². The predicted molar refractivity (Wildman–Crippen MR) is 105 cm³/mol. The van der Waals surface area contributed by atoms with Gasteiger partial charge < -0.3 is 19.7 Å². The van der Waals surface area contributed by atoms with Gasteiger partial charge in [-0.3, -0.25) is 4.79 Å². The Morgan fingerprint density at radius 3 is 3.04 bits per heavy atom. The van der Waals surface area contributed by atoms with Gasteiger partial charge in [-0.25, -0.2) is 4.98 Å². The lowest BCUT2D eigenvalue weighted by Gasteiger charge is -2.23. The third kappa shape index (κ3) is 3.26. The molecule has 1 saturated heterocycles. The van der Waals surface area contributed by atoms with Crippen LogP contribution in [0.25, 0.3) is 10.6 Å². The Morgan fingerprint density at radius 1 is 1.46 bits per heavy atom. The van der Waals surface area contributed by atoms with Gasteiger partial charge in [-0.15, -0.1) is 11.3 Å². The molecule has 0 spiro atoms. The fourth-order valence-corrected chi connectivity index (χ4v) is 4.93. The standard InChI is InChI=1S/C20H22N4O3S/c1-3-27-17-6-4-5-14(15(17)8-21)19-23-16-10-24(20(25)18(16)28-19)13-7-12(11-26-2)22-9-13/h4-6,12-13,22H,3,7,9-11H2,1-2H3/t12-,13+/m0/s1. The average Bonchev–Trinajstić information content (AvgIpc) is 3.39. The van der Waals surface area contributed by atoms with Gasteiger partial charge in [0, 0.05) is 31.3 Å². The lowest BCUT2D eigenvalue weighted by molar-refractivity contribution is 0.0714. The molecule has 1 amide bonds. The molecule has 1 fully saturated rings. The normalized spacial score (nSPS) is 21.0. The van der Waals surface area contributed by atoms with Crippen LogP contribution in [0.1, 0.15) is 34.3 Å². The van der Waals surface area contributed by atoms with Crippen molar-refractivity contribution < 1.29 is 14.3 Å². The van der Waals surface area contributed by atoms with E-state index in [0.717, 1.165) is 24.2 Å². The molecule has 4 rings (SSSR count). The number of nitriles is 1. The minimum Gasteiger partial charge on any atom is -0.492 e. The molecule has 8 heteroatoms.